The number of fused-ring (bicyclic) bond motifs is 1. The fourth-order valence-electron chi connectivity index (χ4n) is 5.40. The maximum Gasteiger partial charge on any atom is 0.203 e. The van der Waals surface area contributed by atoms with Gasteiger partial charge in [-0.25, -0.2) is 0 Å². The van der Waals surface area contributed by atoms with Gasteiger partial charge in [0.15, 0.2) is 23.0 Å². The number of nitriles is 1. The number of benzene rings is 2. The molecule has 4 rings (SSSR count). The second kappa shape index (κ2) is 10.2. The van der Waals surface area contributed by atoms with E-state index in [1.165, 1.54) is 6.42 Å². The van der Waals surface area contributed by atoms with Gasteiger partial charge in [0, 0.05) is 29.6 Å². The third-order valence-corrected chi connectivity index (χ3v) is 6.94. The molecule has 2 atom stereocenters. The summed E-state index contributed by atoms with van der Waals surface area (Å²) in [5, 5.41) is 10.4. The summed E-state index contributed by atoms with van der Waals surface area (Å²) < 4.78 is 28.1. The first-order chi connectivity index (χ1) is 16.6. The minimum atomic E-state index is -0.0677. The van der Waals surface area contributed by atoms with Crippen LogP contribution in [-0.2, 0) is 0 Å². The molecule has 34 heavy (non-hydrogen) atoms. The van der Waals surface area contributed by atoms with Crippen LogP contribution >= 0.6 is 0 Å². The van der Waals surface area contributed by atoms with Crippen molar-refractivity contribution < 1.29 is 23.7 Å². The van der Waals surface area contributed by atoms with Gasteiger partial charge in [-0.1, -0.05) is 12.1 Å². The monoisotopic (exact) mass is 464 g/mol. The summed E-state index contributed by atoms with van der Waals surface area (Å²) >= 11 is 0. The van der Waals surface area contributed by atoms with E-state index in [-0.39, 0.29) is 5.92 Å². The molecule has 0 N–H and O–H groups in total. The Balaban J connectivity index is 1.97. The summed E-state index contributed by atoms with van der Waals surface area (Å²) in [6.07, 6.45) is 4.20. The largest absolute Gasteiger partial charge is 0.493 e. The molecular weight excluding hydrogens is 432 g/mol. The third kappa shape index (κ3) is 3.98. The van der Waals surface area contributed by atoms with Crippen LogP contribution in [0.1, 0.15) is 42.7 Å². The van der Waals surface area contributed by atoms with Gasteiger partial charge in [0.1, 0.15) is 11.8 Å². The molecule has 0 spiro atoms. The fourth-order valence-corrected chi connectivity index (χ4v) is 5.40. The first kappa shape index (κ1) is 23.6. The molecule has 0 unspecified atom stereocenters. The molecule has 0 radical (unpaired) electrons. The smallest absolute Gasteiger partial charge is 0.203 e. The molecule has 0 bridgehead atoms. The lowest BCUT2D eigenvalue weighted by Crippen LogP contribution is -2.43. The van der Waals surface area contributed by atoms with E-state index in [9.17, 15) is 5.26 Å². The second-order valence-electron chi connectivity index (χ2n) is 8.50. The molecule has 7 nitrogen and oxygen atoms in total. The lowest BCUT2D eigenvalue weighted by atomic mass is 9.75. The van der Waals surface area contributed by atoms with Crippen molar-refractivity contribution in [2.24, 2.45) is 0 Å². The number of allylic oxidation sites excluding steroid dienone is 2. The van der Waals surface area contributed by atoms with E-state index < -0.39 is 0 Å². The van der Waals surface area contributed by atoms with Crippen molar-refractivity contribution >= 4 is 5.57 Å². The summed E-state index contributed by atoms with van der Waals surface area (Å²) in [4.78, 5) is 2.29. The zero-order chi connectivity index (χ0) is 24.2. The Kier molecular flexibility index (Phi) is 7.06. The van der Waals surface area contributed by atoms with Crippen LogP contribution in [0, 0.1) is 11.3 Å². The predicted molar refractivity (Wildman–Crippen MR) is 130 cm³/mol. The topological polar surface area (TPSA) is 73.2 Å². The highest BCUT2D eigenvalue weighted by molar-refractivity contribution is 5.80. The molecule has 0 aromatic heterocycles. The van der Waals surface area contributed by atoms with Crippen molar-refractivity contribution in [3.05, 3.63) is 47.2 Å². The SMILES string of the molecule is COc1ccc(C2=C(C#N)N3CCCC[C@@H]3C[C@H]2c2ccc(OC)c(OC)c2OC)cc1OC. The van der Waals surface area contributed by atoms with Gasteiger partial charge in [-0.3, -0.25) is 0 Å². The van der Waals surface area contributed by atoms with E-state index >= 15 is 0 Å². The highest BCUT2D eigenvalue weighted by Crippen LogP contribution is 2.52. The van der Waals surface area contributed by atoms with E-state index in [2.05, 4.69) is 11.0 Å². The number of methoxy groups -OCH3 is 5. The van der Waals surface area contributed by atoms with Crippen molar-refractivity contribution in [3.8, 4) is 34.8 Å². The molecule has 2 aromatic rings. The Hall–Kier alpha value is -3.53. The number of hydrogen-bond acceptors (Lipinski definition) is 7. The van der Waals surface area contributed by atoms with Crippen LogP contribution < -0.4 is 23.7 Å². The highest BCUT2D eigenvalue weighted by atomic mass is 16.5. The zero-order valence-electron chi connectivity index (χ0n) is 20.5. The van der Waals surface area contributed by atoms with Crippen LogP contribution in [0.4, 0.5) is 0 Å². The maximum absolute atomic E-state index is 10.4. The minimum Gasteiger partial charge on any atom is -0.493 e. The molecule has 2 heterocycles. The Bertz CT molecular complexity index is 1120. The molecule has 0 amide bonds. The van der Waals surface area contributed by atoms with E-state index in [0.717, 1.165) is 42.5 Å². The van der Waals surface area contributed by atoms with Crippen molar-refractivity contribution in [1.29, 1.82) is 5.26 Å². The molecule has 1 saturated heterocycles. The number of hydrogen-bond donors (Lipinski definition) is 0. The Labute approximate surface area is 201 Å². The van der Waals surface area contributed by atoms with Crippen molar-refractivity contribution in [1.82, 2.24) is 4.90 Å². The lowest BCUT2D eigenvalue weighted by molar-refractivity contribution is 0.177. The fraction of sp³-hybridized carbons (Fsp3) is 0.444. The van der Waals surface area contributed by atoms with Crippen molar-refractivity contribution in [2.75, 3.05) is 42.1 Å². The summed E-state index contributed by atoms with van der Waals surface area (Å²) in [7, 11) is 8.10. The van der Waals surface area contributed by atoms with Crippen LogP contribution in [-0.4, -0.2) is 53.0 Å². The number of nitrogens with zero attached hydrogens (tertiary/aromatic N) is 2. The van der Waals surface area contributed by atoms with Gasteiger partial charge in [-0.15, -0.1) is 0 Å². The first-order valence-electron chi connectivity index (χ1n) is 11.5. The standard InChI is InChI=1S/C27H32N2O5/c1-30-22-11-9-17(14-24(22)32-3)25-20(15-18-8-6-7-13-29(18)21(25)16-28)19-10-12-23(31-2)27(34-5)26(19)33-4/h9-12,14,18,20H,6-8,13,15H2,1-5H3/t18-,20+/m1/s1. The summed E-state index contributed by atoms with van der Waals surface area (Å²) in [5.74, 6) is 3.00. The van der Waals surface area contributed by atoms with Gasteiger partial charge in [0.25, 0.3) is 0 Å². The molecule has 1 fully saturated rings. The van der Waals surface area contributed by atoms with E-state index in [4.69, 9.17) is 23.7 Å². The molecule has 2 aliphatic rings. The highest BCUT2D eigenvalue weighted by Gasteiger charge is 2.39. The van der Waals surface area contributed by atoms with Gasteiger partial charge in [0.2, 0.25) is 5.75 Å². The van der Waals surface area contributed by atoms with Crippen LogP contribution in [0.5, 0.6) is 28.7 Å². The van der Waals surface area contributed by atoms with Crippen LogP contribution in [0.15, 0.2) is 36.0 Å². The number of rotatable bonds is 7. The Morgan fingerprint density at radius 1 is 0.824 bits per heavy atom. The van der Waals surface area contributed by atoms with E-state index in [0.29, 0.717) is 40.5 Å². The molecule has 2 aliphatic heterocycles. The minimum absolute atomic E-state index is 0.0677. The van der Waals surface area contributed by atoms with Gasteiger partial charge in [-0.05, 0) is 49.4 Å². The predicted octanol–water partition coefficient (Wildman–Crippen LogP) is 5.01. The van der Waals surface area contributed by atoms with E-state index in [1.54, 1.807) is 35.5 Å². The Morgan fingerprint density at radius 2 is 1.53 bits per heavy atom. The molecule has 0 saturated carbocycles. The van der Waals surface area contributed by atoms with Crippen LogP contribution in [0.3, 0.4) is 0 Å². The van der Waals surface area contributed by atoms with Crippen LogP contribution in [0.25, 0.3) is 5.57 Å². The van der Waals surface area contributed by atoms with Crippen LogP contribution in [0.2, 0.25) is 0 Å². The average Bonchev–Trinajstić information content (AvgIpc) is 2.90. The van der Waals surface area contributed by atoms with Crippen molar-refractivity contribution in [3.63, 3.8) is 0 Å². The second-order valence-corrected chi connectivity index (χ2v) is 8.50. The zero-order valence-corrected chi connectivity index (χ0v) is 20.5. The maximum atomic E-state index is 10.4. The number of ether oxygens (including phenoxy) is 5. The van der Waals surface area contributed by atoms with Crippen molar-refractivity contribution in [2.45, 2.75) is 37.6 Å². The van der Waals surface area contributed by atoms with Gasteiger partial charge >= 0.3 is 0 Å². The quantitative estimate of drug-likeness (QED) is 0.570. The molecule has 0 aliphatic carbocycles. The normalized spacial score (nSPS) is 19.7. The first-order valence-corrected chi connectivity index (χ1v) is 11.5. The van der Waals surface area contributed by atoms with Gasteiger partial charge in [0.05, 0.1) is 35.5 Å². The molecular formula is C27H32N2O5. The third-order valence-electron chi connectivity index (χ3n) is 6.94. The number of piperidine rings is 1. The molecule has 7 heteroatoms. The van der Waals surface area contributed by atoms with Gasteiger partial charge < -0.3 is 28.6 Å². The molecule has 180 valence electrons. The summed E-state index contributed by atoms with van der Waals surface area (Å²) in [6.45, 7) is 0.889. The summed E-state index contributed by atoms with van der Waals surface area (Å²) in [5.41, 5.74) is 3.58. The average molecular weight is 465 g/mol. The van der Waals surface area contributed by atoms with Gasteiger partial charge in [-0.2, -0.15) is 5.26 Å². The lowest BCUT2D eigenvalue weighted by Gasteiger charge is -2.45. The molecule has 2 aromatic carbocycles. The Morgan fingerprint density at radius 3 is 2.18 bits per heavy atom. The summed E-state index contributed by atoms with van der Waals surface area (Å²) in [6, 6.07) is 12.6. The van der Waals surface area contributed by atoms with E-state index in [1.807, 2.05) is 30.3 Å².